The van der Waals surface area contributed by atoms with E-state index in [1.165, 1.54) is 5.56 Å². The lowest BCUT2D eigenvalue weighted by Crippen LogP contribution is -2.31. The van der Waals surface area contributed by atoms with Gasteiger partial charge in [0.15, 0.2) is 0 Å². The number of amides is 1. The number of rotatable bonds is 4. The van der Waals surface area contributed by atoms with Crippen LogP contribution in [0.2, 0.25) is 0 Å². The molecule has 0 radical (unpaired) electrons. The molecule has 0 heterocycles. The van der Waals surface area contributed by atoms with Gasteiger partial charge in [0.25, 0.3) is 0 Å². The first kappa shape index (κ1) is 14.8. The number of aryl methyl sites for hydroxylation is 1. The second-order valence-corrected chi connectivity index (χ2v) is 5.66. The van der Waals surface area contributed by atoms with Gasteiger partial charge in [-0.15, -0.1) is 0 Å². The fourth-order valence-electron chi connectivity index (χ4n) is 2.50. The highest BCUT2D eigenvalue weighted by Crippen LogP contribution is 2.23. The summed E-state index contributed by atoms with van der Waals surface area (Å²) in [5, 5.41) is 12.4. The van der Waals surface area contributed by atoms with Crippen LogP contribution >= 0.6 is 0 Å². The molecule has 2 N–H and O–H groups in total. The molecule has 1 amide bonds. The molecule has 108 valence electrons. The second-order valence-electron chi connectivity index (χ2n) is 5.66. The summed E-state index contributed by atoms with van der Waals surface area (Å²) in [6.07, 6.45) is 7.01. The molecule has 1 aromatic rings. The molecule has 0 bridgehead atoms. The van der Waals surface area contributed by atoms with Gasteiger partial charge in [-0.1, -0.05) is 29.8 Å². The van der Waals surface area contributed by atoms with Crippen molar-refractivity contribution in [2.45, 2.75) is 38.7 Å². The first-order valence-corrected chi connectivity index (χ1v) is 7.34. The van der Waals surface area contributed by atoms with Crippen molar-refractivity contribution in [1.82, 2.24) is 5.32 Å². The minimum atomic E-state index is -0.136. The summed E-state index contributed by atoms with van der Waals surface area (Å²) in [6.45, 7) is 2.76. The van der Waals surface area contributed by atoms with Gasteiger partial charge in [0, 0.05) is 12.6 Å². The van der Waals surface area contributed by atoms with Gasteiger partial charge in [0.1, 0.15) is 0 Å². The number of nitrogens with one attached hydrogen (secondary N) is 1. The van der Waals surface area contributed by atoms with Gasteiger partial charge < -0.3 is 10.4 Å². The maximum atomic E-state index is 11.7. The zero-order chi connectivity index (χ0) is 14.4. The Labute approximate surface area is 120 Å². The molecule has 3 nitrogen and oxygen atoms in total. The third-order valence-electron chi connectivity index (χ3n) is 3.89. The van der Waals surface area contributed by atoms with Crippen molar-refractivity contribution in [2.24, 2.45) is 5.92 Å². The number of benzene rings is 1. The topological polar surface area (TPSA) is 49.3 Å². The SMILES string of the molecule is Cc1ccc(/C=C/C(=O)NCC2CCC(O)CC2)cc1. The Hall–Kier alpha value is -1.61. The first-order valence-electron chi connectivity index (χ1n) is 7.34. The van der Waals surface area contributed by atoms with Gasteiger partial charge in [0.2, 0.25) is 5.91 Å². The van der Waals surface area contributed by atoms with Crippen molar-refractivity contribution in [1.29, 1.82) is 0 Å². The largest absolute Gasteiger partial charge is 0.393 e. The molecular weight excluding hydrogens is 250 g/mol. The van der Waals surface area contributed by atoms with Crippen LogP contribution in [0.3, 0.4) is 0 Å². The Morgan fingerprint density at radius 3 is 2.55 bits per heavy atom. The number of carbonyl (C=O) groups excluding carboxylic acids is 1. The van der Waals surface area contributed by atoms with E-state index in [2.05, 4.69) is 5.32 Å². The highest BCUT2D eigenvalue weighted by atomic mass is 16.3. The summed E-state index contributed by atoms with van der Waals surface area (Å²) in [5.41, 5.74) is 2.25. The zero-order valence-electron chi connectivity index (χ0n) is 12.0. The molecule has 0 aromatic heterocycles. The Kier molecular flexibility index (Phi) is 5.36. The molecule has 1 aliphatic carbocycles. The minimum absolute atomic E-state index is 0.0447. The highest BCUT2D eigenvalue weighted by molar-refractivity contribution is 5.91. The first-order chi connectivity index (χ1) is 9.63. The minimum Gasteiger partial charge on any atom is -0.393 e. The molecule has 2 rings (SSSR count). The van der Waals surface area contributed by atoms with Gasteiger partial charge in [-0.25, -0.2) is 0 Å². The van der Waals surface area contributed by atoms with E-state index in [0.717, 1.165) is 31.2 Å². The van der Waals surface area contributed by atoms with Gasteiger partial charge >= 0.3 is 0 Å². The second kappa shape index (κ2) is 7.25. The van der Waals surface area contributed by atoms with E-state index in [9.17, 15) is 9.90 Å². The van der Waals surface area contributed by atoms with E-state index >= 15 is 0 Å². The fraction of sp³-hybridized carbons (Fsp3) is 0.471. The number of hydrogen-bond donors (Lipinski definition) is 2. The molecule has 0 atom stereocenters. The summed E-state index contributed by atoms with van der Waals surface area (Å²) in [7, 11) is 0. The lowest BCUT2D eigenvalue weighted by molar-refractivity contribution is -0.116. The molecule has 1 aliphatic rings. The molecule has 1 saturated carbocycles. The smallest absolute Gasteiger partial charge is 0.244 e. The van der Waals surface area contributed by atoms with Crippen molar-refractivity contribution < 1.29 is 9.90 Å². The van der Waals surface area contributed by atoms with Crippen LogP contribution in [0.1, 0.15) is 36.8 Å². The average Bonchev–Trinajstić information content (AvgIpc) is 2.46. The van der Waals surface area contributed by atoms with Crippen LogP contribution in [0.4, 0.5) is 0 Å². The molecule has 1 aromatic carbocycles. The van der Waals surface area contributed by atoms with Gasteiger partial charge in [-0.3, -0.25) is 4.79 Å². The Morgan fingerprint density at radius 1 is 1.25 bits per heavy atom. The van der Waals surface area contributed by atoms with E-state index in [1.807, 2.05) is 37.3 Å². The summed E-state index contributed by atoms with van der Waals surface area (Å²) < 4.78 is 0. The van der Waals surface area contributed by atoms with Gasteiger partial charge in [-0.05, 0) is 50.2 Å². The number of aliphatic hydroxyl groups is 1. The molecule has 1 fully saturated rings. The quantitative estimate of drug-likeness (QED) is 0.829. The molecule has 0 saturated heterocycles. The highest BCUT2D eigenvalue weighted by Gasteiger charge is 2.19. The maximum absolute atomic E-state index is 11.7. The third-order valence-corrected chi connectivity index (χ3v) is 3.89. The molecule has 3 heteroatoms. The van der Waals surface area contributed by atoms with Crippen LogP contribution in [-0.4, -0.2) is 23.7 Å². The van der Waals surface area contributed by atoms with Crippen LogP contribution in [-0.2, 0) is 4.79 Å². The van der Waals surface area contributed by atoms with Crippen LogP contribution in [0.15, 0.2) is 30.3 Å². The van der Waals surface area contributed by atoms with Gasteiger partial charge in [-0.2, -0.15) is 0 Å². The van der Waals surface area contributed by atoms with E-state index in [4.69, 9.17) is 0 Å². The number of carbonyl (C=O) groups is 1. The molecule has 0 spiro atoms. The standard InChI is InChI=1S/C17H23NO2/c1-13-2-4-14(5-3-13)8-11-17(20)18-12-15-6-9-16(19)10-7-15/h2-5,8,11,15-16,19H,6-7,9-10,12H2,1H3,(H,18,20)/b11-8+. The molecule has 0 unspecified atom stereocenters. The summed E-state index contributed by atoms with van der Waals surface area (Å²) in [5.74, 6) is 0.465. The predicted molar refractivity (Wildman–Crippen MR) is 81.2 cm³/mol. The van der Waals surface area contributed by atoms with E-state index in [0.29, 0.717) is 12.5 Å². The van der Waals surface area contributed by atoms with E-state index < -0.39 is 0 Å². The lowest BCUT2D eigenvalue weighted by Gasteiger charge is -2.25. The number of aliphatic hydroxyl groups excluding tert-OH is 1. The van der Waals surface area contributed by atoms with Crippen molar-refractivity contribution in [2.75, 3.05) is 6.54 Å². The monoisotopic (exact) mass is 273 g/mol. The molecular formula is C17H23NO2. The van der Waals surface area contributed by atoms with Crippen LogP contribution in [0.25, 0.3) is 6.08 Å². The maximum Gasteiger partial charge on any atom is 0.244 e. The fourth-order valence-corrected chi connectivity index (χ4v) is 2.50. The van der Waals surface area contributed by atoms with Crippen molar-refractivity contribution >= 4 is 12.0 Å². The Morgan fingerprint density at radius 2 is 1.90 bits per heavy atom. The van der Waals surface area contributed by atoms with Crippen LogP contribution < -0.4 is 5.32 Å². The van der Waals surface area contributed by atoms with Crippen molar-refractivity contribution in [3.05, 3.63) is 41.5 Å². The van der Waals surface area contributed by atoms with E-state index in [-0.39, 0.29) is 12.0 Å². The lowest BCUT2D eigenvalue weighted by atomic mass is 9.87. The van der Waals surface area contributed by atoms with Crippen LogP contribution in [0, 0.1) is 12.8 Å². The van der Waals surface area contributed by atoms with Crippen molar-refractivity contribution in [3.8, 4) is 0 Å². The molecule has 0 aliphatic heterocycles. The normalized spacial score (nSPS) is 22.9. The predicted octanol–water partition coefficient (Wildman–Crippen LogP) is 2.68. The third kappa shape index (κ3) is 4.82. The Bertz CT molecular complexity index is 456. The van der Waals surface area contributed by atoms with E-state index in [1.54, 1.807) is 6.08 Å². The summed E-state index contributed by atoms with van der Waals surface area (Å²) in [6, 6.07) is 8.07. The zero-order valence-corrected chi connectivity index (χ0v) is 12.0. The average molecular weight is 273 g/mol. The van der Waals surface area contributed by atoms with Crippen molar-refractivity contribution in [3.63, 3.8) is 0 Å². The summed E-state index contributed by atoms with van der Waals surface area (Å²) >= 11 is 0. The van der Waals surface area contributed by atoms with Gasteiger partial charge in [0.05, 0.1) is 6.10 Å². The summed E-state index contributed by atoms with van der Waals surface area (Å²) in [4.78, 5) is 11.7. The van der Waals surface area contributed by atoms with Crippen LogP contribution in [0.5, 0.6) is 0 Å². The molecule has 20 heavy (non-hydrogen) atoms. The number of hydrogen-bond acceptors (Lipinski definition) is 2. The Balaban J connectivity index is 1.73.